The van der Waals surface area contributed by atoms with Crippen LogP contribution in [0.25, 0.3) is 0 Å². The first-order valence-electron chi connectivity index (χ1n) is 10.9. The van der Waals surface area contributed by atoms with Crippen molar-refractivity contribution in [2.24, 2.45) is 7.05 Å². The summed E-state index contributed by atoms with van der Waals surface area (Å²) in [5, 5.41) is 22.0. The van der Waals surface area contributed by atoms with Crippen molar-refractivity contribution >= 4 is 11.7 Å². The third kappa shape index (κ3) is 4.43. The molecule has 10 nitrogen and oxygen atoms in total. The number of rotatable bonds is 6. The molecular formula is C21H30N6O4. The van der Waals surface area contributed by atoms with Crippen molar-refractivity contribution < 1.29 is 14.6 Å². The number of carbonyl (C=O) groups excluding carboxylic acids is 1. The molecule has 1 saturated carbocycles. The fourth-order valence-corrected chi connectivity index (χ4v) is 4.61. The number of methoxy groups -OCH3 is 1. The summed E-state index contributed by atoms with van der Waals surface area (Å²) in [6, 6.07) is 3.06. The molecule has 1 saturated heterocycles. The Morgan fingerprint density at radius 1 is 1.23 bits per heavy atom. The maximum atomic E-state index is 12.7. The van der Waals surface area contributed by atoms with Gasteiger partial charge in [-0.2, -0.15) is 5.10 Å². The van der Waals surface area contributed by atoms with Gasteiger partial charge < -0.3 is 20.1 Å². The highest BCUT2D eigenvalue weighted by Gasteiger charge is 2.30. The van der Waals surface area contributed by atoms with Crippen LogP contribution in [0.1, 0.15) is 54.9 Å². The molecule has 0 aromatic carbocycles. The SMILES string of the molecule is COc1nn(C)cc1C(=O)NCC1CCCCN1c1ccc(=O)n(C2CCCC2O)n1. The molecule has 168 valence electrons. The molecular weight excluding hydrogens is 400 g/mol. The van der Waals surface area contributed by atoms with E-state index >= 15 is 0 Å². The number of carbonyl (C=O) groups is 1. The molecule has 0 spiro atoms. The van der Waals surface area contributed by atoms with Gasteiger partial charge in [0.15, 0.2) is 0 Å². The second-order valence-corrected chi connectivity index (χ2v) is 8.32. The quantitative estimate of drug-likeness (QED) is 0.699. The maximum absolute atomic E-state index is 12.7. The number of anilines is 1. The van der Waals surface area contributed by atoms with Gasteiger partial charge in [-0.15, -0.1) is 5.10 Å². The number of amides is 1. The summed E-state index contributed by atoms with van der Waals surface area (Å²) in [7, 11) is 3.23. The second kappa shape index (κ2) is 9.09. The first kappa shape index (κ1) is 21.4. The third-order valence-electron chi connectivity index (χ3n) is 6.22. The Bertz CT molecular complexity index is 986. The molecule has 2 aromatic rings. The summed E-state index contributed by atoms with van der Waals surface area (Å²) >= 11 is 0. The van der Waals surface area contributed by atoms with Crippen molar-refractivity contribution in [2.45, 2.75) is 56.7 Å². The van der Waals surface area contributed by atoms with Gasteiger partial charge in [0.2, 0.25) is 5.88 Å². The van der Waals surface area contributed by atoms with Gasteiger partial charge >= 0.3 is 0 Å². The van der Waals surface area contributed by atoms with Crippen LogP contribution in [0.4, 0.5) is 5.82 Å². The molecule has 0 radical (unpaired) electrons. The molecule has 10 heteroatoms. The van der Waals surface area contributed by atoms with Crippen LogP contribution in [0.15, 0.2) is 23.1 Å². The van der Waals surface area contributed by atoms with Gasteiger partial charge in [0.1, 0.15) is 11.4 Å². The molecule has 0 bridgehead atoms. The molecule has 1 amide bonds. The van der Waals surface area contributed by atoms with E-state index in [1.807, 2.05) is 0 Å². The molecule has 2 aliphatic rings. The summed E-state index contributed by atoms with van der Waals surface area (Å²) in [5.74, 6) is 0.767. The lowest BCUT2D eigenvalue weighted by Crippen LogP contribution is -2.48. The highest BCUT2D eigenvalue weighted by Crippen LogP contribution is 2.29. The van der Waals surface area contributed by atoms with Gasteiger partial charge in [-0.25, -0.2) is 4.68 Å². The van der Waals surface area contributed by atoms with E-state index in [1.165, 1.54) is 17.9 Å². The Balaban J connectivity index is 1.50. The zero-order chi connectivity index (χ0) is 22.0. The number of aryl methyl sites for hydroxylation is 1. The minimum atomic E-state index is -0.536. The van der Waals surface area contributed by atoms with Gasteiger partial charge in [0, 0.05) is 38.4 Å². The second-order valence-electron chi connectivity index (χ2n) is 8.32. The Labute approximate surface area is 180 Å². The number of piperidine rings is 1. The zero-order valence-corrected chi connectivity index (χ0v) is 18.0. The minimum absolute atomic E-state index is 0.0623. The molecule has 1 aliphatic carbocycles. The van der Waals surface area contributed by atoms with Crippen LogP contribution in [0, 0.1) is 0 Å². The summed E-state index contributed by atoms with van der Waals surface area (Å²) < 4.78 is 8.17. The zero-order valence-electron chi connectivity index (χ0n) is 18.0. The van der Waals surface area contributed by atoms with Crippen LogP contribution in [-0.4, -0.2) is 62.9 Å². The van der Waals surface area contributed by atoms with Gasteiger partial charge in [-0.3, -0.25) is 14.3 Å². The smallest absolute Gasteiger partial charge is 0.267 e. The number of hydrogen-bond donors (Lipinski definition) is 2. The van der Waals surface area contributed by atoms with E-state index in [2.05, 4.69) is 20.4 Å². The predicted molar refractivity (Wildman–Crippen MR) is 114 cm³/mol. The van der Waals surface area contributed by atoms with Crippen LogP contribution in [0.2, 0.25) is 0 Å². The van der Waals surface area contributed by atoms with Gasteiger partial charge in [0.05, 0.1) is 19.3 Å². The van der Waals surface area contributed by atoms with Gasteiger partial charge in [0.25, 0.3) is 11.5 Å². The summed E-state index contributed by atoms with van der Waals surface area (Å²) in [6.07, 6.45) is 6.44. The lowest BCUT2D eigenvalue weighted by Gasteiger charge is -2.37. The molecule has 2 N–H and O–H groups in total. The lowest BCUT2D eigenvalue weighted by atomic mass is 10.0. The molecule has 31 heavy (non-hydrogen) atoms. The Morgan fingerprint density at radius 2 is 2.06 bits per heavy atom. The Morgan fingerprint density at radius 3 is 2.81 bits per heavy atom. The summed E-state index contributed by atoms with van der Waals surface area (Å²) in [4.78, 5) is 27.2. The largest absolute Gasteiger partial charge is 0.479 e. The van der Waals surface area contributed by atoms with Crippen molar-refractivity contribution in [1.29, 1.82) is 0 Å². The van der Waals surface area contributed by atoms with Crippen molar-refractivity contribution in [1.82, 2.24) is 24.9 Å². The number of nitrogens with one attached hydrogen (secondary N) is 1. The van der Waals surface area contributed by atoms with Crippen LogP contribution in [0.5, 0.6) is 5.88 Å². The van der Waals surface area contributed by atoms with Crippen molar-refractivity contribution in [3.05, 3.63) is 34.2 Å². The lowest BCUT2D eigenvalue weighted by molar-refractivity contribution is 0.0946. The van der Waals surface area contributed by atoms with Crippen LogP contribution in [-0.2, 0) is 7.05 Å². The van der Waals surface area contributed by atoms with Crippen LogP contribution >= 0.6 is 0 Å². The van der Waals surface area contributed by atoms with E-state index < -0.39 is 6.10 Å². The van der Waals surface area contributed by atoms with E-state index in [1.54, 1.807) is 24.0 Å². The molecule has 1 aliphatic heterocycles. The number of aromatic nitrogens is 4. The van der Waals surface area contributed by atoms with Crippen molar-refractivity contribution in [2.75, 3.05) is 25.1 Å². The number of hydrogen-bond acceptors (Lipinski definition) is 7. The highest BCUT2D eigenvalue weighted by molar-refractivity contribution is 5.96. The number of aliphatic hydroxyl groups excluding tert-OH is 1. The molecule has 3 heterocycles. The van der Waals surface area contributed by atoms with Gasteiger partial charge in [-0.05, 0) is 44.6 Å². The fourth-order valence-electron chi connectivity index (χ4n) is 4.61. The number of ether oxygens (including phenoxy) is 1. The van der Waals surface area contributed by atoms with E-state index in [-0.39, 0.29) is 23.6 Å². The molecule has 4 rings (SSSR count). The topological polar surface area (TPSA) is 115 Å². The highest BCUT2D eigenvalue weighted by atomic mass is 16.5. The third-order valence-corrected chi connectivity index (χ3v) is 6.22. The normalized spacial score (nSPS) is 23.7. The van der Waals surface area contributed by atoms with E-state index in [9.17, 15) is 14.7 Å². The molecule has 3 atom stereocenters. The van der Waals surface area contributed by atoms with Gasteiger partial charge in [-0.1, -0.05) is 0 Å². The molecule has 2 aromatic heterocycles. The Hall–Kier alpha value is -2.88. The van der Waals surface area contributed by atoms with E-state index in [0.717, 1.165) is 38.6 Å². The average molecular weight is 431 g/mol. The fraction of sp³-hybridized carbons (Fsp3) is 0.619. The van der Waals surface area contributed by atoms with Crippen LogP contribution < -0.4 is 20.5 Å². The first-order chi connectivity index (χ1) is 15.0. The average Bonchev–Trinajstić information content (AvgIpc) is 3.37. The summed E-state index contributed by atoms with van der Waals surface area (Å²) in [6.45, 7) is 1.25. The predicted octanol–water partition coefficient (Wildman–Crippen LogP) is 0.860. The monoisotopic (exact) mass is 430 g/mol. The number of nitrogens with zero attached hydrogens (tertiary/aromatic N) is 5. The van der Waals surface area contributed by atoms with E-state index in [4.69, 9.17) is 4.74 Å². The van der Waals surface area contributed by atoms with Crippen molar-refractivity contribution in [3.63, 3.8) is 0 Å². The number of aliphatic hydroxyl groups is 1. The Kier molecular flexibility index (Phi) is 6.26. The maximum Gasteiger partial charge on any atom is 0.267 e. The summed E-state index contributed by atoms with van der Waals surface area (Å²) in [5.41, 5.74) is 0.203. The van der Waals surface area contributed by atoms with Crippen LogP contribution in [0.3, 0.4) is 0 Å². The van der Waals surface area contributed by atoms with Crippen molar-refractivity contribution in [3.8, 4) is 5.88 Å². The molecule has 2 fully saturated rings. The standard InChI is InChI=1S/C21H30N6O4/c1-25-13-15(21(24-25)31-2)20(30)22-12-14-6-3-4-11-26(14)18-9-10-19(29)27(23-18)16-7-5-8-17(16)28/h9-10,13-14,16-17,28H,3-8,11-12H2,1-2H3,(H,22,30). The minimum Gasteiger partial charge on any atom is -0.479 e. The molecule has 3 unspecified atom stereocenters. The first-order valence-corrected chi connectivity index (χ1v) is 10.9. The van der Waals surface area contributed by atoms with E-state index in [0.29, 0.717) is 30.2 Å².